The molecule has 0 aliphatic carbocycles. The monoisotopic (exact) mass is 291 g/mol. The van der Waals surface area contributed by atoms with Crippen LogP contribution in [0.15, 0.2) is 35.7 Å². The van der Waals surface area contributed by atoms with Crippen molar-refractivity contribution >= 4 is 23.2 Å². The van der Waals surface area contributed by atoms with Gasteiger partial charge in [-0.1, -0.05) is 17.8 Å². The van der Waals surface area contributed by atoms with E-state index >= 15 is 0 Å². The van der Waals surface area contributed by atoms with Crippen molar-refractivity contribution in [3.8, 4) is 0 Å². The van der Waals surface area contributed by atoms with Crippen LogP contribution in [-0.4, -0.2) is 51.7 Å². The van der Waals surface area contributed by atoms with E-state index in [4.69, 9.17) is 4.74 Å². The summed E-state index contributed by atoms with van der Waals surface area (Å²) in [5.41, 5.74) is 1.04. The van der Waals surface area contributed by atoms with Crippen molar-refractivity contribution in [3.63, 3.8) is 0 Å². The van der Waals surface area contributed by atoms with Crippen molar-refractivity contribution in [1.82, 2.24) is 14.3 Å². The number of morpholine rings is 1. The van der Waals surface area contributed by atoms with Crippen molar-refractivity contribution in [1.29, 1.82) is 0 Å². The molecule has 1 amide bonds. The average Bonchev–Trinajstić information content (AvgIpc) is 2.91. The number of imidazole rings is 1. The van der Waals surface area contributed by atoms with Crippen LogP contribution in [0.25, 0.3) is 5.52 Å². The topological polar surface area (TPSA) is 46.8 Å². The van der Waals surface area contributed by atoms with Crippen LogP contribution in [0.1, 0.15) is 6.92 Å². The maximum atomic E-state index is 12.4. The third kappa shape index (κ3) is 2.66. The zero-order chi connectivity index (χ0) is 13.9. The van der Waals surface area contributed by atoms with Gasteiger partial charge in [-0.05, 0) is 19.1 Å². The highest BCUT2D eigenvalue weighted by molar-refractivity contribution is 8.00. The number of pyridine rings is 1. The summed E-state index contributed by atoms with van der Waals surface area (Å²) in [6, 6.07) is 5.95. The Morgan fingerprint density at radius 3 is 3.00 bits per heavy atom. The lowest BCUT2D eigenvalue weighted by molar-refractivity contribution is -0.134. The quantitative estimate of drug-likeness (QED) is 0.807. The first-order valence-electron chi connectivity index (χ1n) is 6.71. The van der Waals surface area contributed by atoms with Crippen LogP contribution in [0.4, 0.5) is 0 Å². The maximum Gasteiger partial charge on any atom is 0.236 e. The predicted molar refractivity (Wildman–Crippen MR) is 77.9 cm³/mol. The summed E-state index contributed by atoms with van der Waals surface area (Å²) in [7, 11) is 0. The largest absolute Gasteiger partial charge is 0.378 e. The summed E-state index contributed by atoms with van der Waals surface area (Å²) in [4.78, 5) is 18.6. The van der Waals surface area contributed by atoms with Crippen molar-refractivity contribution in [2.75, 3.05) is 26.3 Å². The van der Waals surface area contributed by atoms with Crippen LogP contribution in [0.3, 0.4) is 0 Å². The Morgan fingerprint density at radius 1 is 1.40 bits per heavy atom. The summed E-state index contributed by atoms with van der Waals surface area (Å²) in [6.45, 7) is 4.58. The highest BCUT2D eigenvalue weighted by Crippen LogP contribution is 2.24. The van der Waals surface area contributed by atoms with Crippen LogP contribution >= 0.6 is 11.8 Å². The number of carbonyl (C=O) groups is 1. The number of ether oxygens (including phenoxy) is 1. The molecule has 2 aromatic rings. The van der Waals surface area contributed by atoms with Gasteiger partial charge in [-0.3, -0.25) is 9.20 Å². The Labute approximate surface area is 121 Å². The number of amides is 1. The normalized spacial score (nSPS) is 17.4. The molecule has 0 bridgehead atoms. The molecule has 106 valence electrons. The van der Waals surface area contributed by atoms with Crippen molar-refractivity contribution in [2.45, 2.75) is 17.3 Å². The van der Waals surface area contributed by atoms with E-state index in [9.17, 15) is 4.79 Å². The van der Waals surface area contributed by atoms with Gasteiger partial charge in [0, 0.05) is 19.3 Å². The highest BCUT2D eigenvalue weighted by Gasteiger charge is 2.24. The van der Waals surface area contributed by atoms with E-state index in [-0.39, 0.29) is 11.2 Å². The fraction of sp³-hybridized carbons (Fsp3) is 0.429. The van der Waals surface area contributed by atoms with Gasteiger partial charge in [0.25, 0.3) is 0 Å². The molecule has 6 heteroatoms. The molecular weight excluding hydrogens is 274 g/mol. The zero-order valence-electron chi connectivity index (χ0n) is 11.4. The minimum atomic E-state index is -0.140. The molecule has 2 aromatic heterocycles. The van der Waals surface area contributed by atoms with E-state index in [1.54, 1.807) is 0 Å². The highest BCUT2D eigenvalue weighted by atomic mass is 32.2. The minimum absolute atomic E-state index is 0.140. The molecule has 0 spiro atoms. The minimum Gasteiger partial charge on any atom is -0.378 e. The van der Waals surface area contributed by atoms with Gasteiger partial charge in [-0.15, -0.1) is 0 Å². The molecule has 20 heavy (non-hydrogen) atoms. The van der Waals surface area contributed by atoms with E-state index in [1.165, 1.54) is 11.8 Å². The standard InChI is InChI=1S/C14H17N3O2S/c1-11(13(18)16-6-8-19-9-7-16)20-14-15-10-12-4-2-3-5-17(12)14/h2-5,10-11H,6-9H2,1H3. The molecule has 3 rings (SSSR count). The second-order valence-electron chi connectivity index (χ2n) is 4.73. The SMILES string of the molecule is CC(Sc1ncc2ccccn12)C(=O)N1CCOCC1. The van der Waals surface area contributed by atoms with Gasteiger partial charge in [0.05, 0.1) is 30.2 Å². The van der Waals surface area contributed by atoms with Gasteiger partial charge in [-0.25, -0.2) is 4.98 Å². The summed E-state index contributed by atoms with van der Waals surface area (Å²) in [5, 5.41) is 0.716. The first-order valence-corrected chi connectivity index (χ1v) is 7.59. The molecule has 3 heterocycles. The molecule has 1 fully saturated rings. The number of hydrogen-bond donors (Lipinski definition) is 0. The molecule has 1 aliphatic rings. The number of thioether (sulfide) groups is 1. The van der Waals surface area contributed by atoms with E-state index in [1.807, 2.05) is 46.8 Å². The first-order chi connectivity index (χ1) is 9.75. The van der Waals surface area contributed by atoms with Crippen molar-refractivity contribution < 1.29 is 9.53 Å². The second-order valence-corrected chi connectivity index (χ2v) is 6.04. The second kappa shape index (κ2) is 5.85. The fourth-order valence-electron chi connectivity index (χ4n) is 2.26. The Bertz CT molecular complexity index is 607. The molecule has 0 N–H and O–H groups in total. The zero-order valence-corrected chi connectivity index (χ0v) is 12.2. The first kappa shape index (κ1) is 13.5. The van der Waals surface area contributed by atoms with Crippen LogP contribution < -0.4 is 0 Å². The number of aromatic nitrogens is 2. The van der Waals surface area contributed by atoms with E-state index in [0.29, 0.717) is 26.3 Å². The third-order valence-electron chi connectivity index (χ3n) is 3.36. The summed E-state index contributed by atoms with van der Waals surface area (Å²) in [6.07, 6.45) is 3.80. The lowest BCUT2D eigenvalue weighted by atomic mass is 10.3. The number of carbonyl (C=O) groups excluding carboxylic acids is 1. The van der Waals surface area contributed by atoms with Gasteiger partial charge in [0.15, 0.2) is 5.16 Å². The lowest BCUT2D eigenvalue weighted by Crippen LogP contribution is -2.44. The van der Waals surface area contributed by atoms with Gasteiger partial charge in [0.2, 0.25) is 5.91 Å². The van der Waals surface area contributed by atoms with Crippen LogP contribution in [-0.2, 0) is 9.53 Å². The smallest absolute Gasteiger partial charge is 0.236 e. The van der Waals surface area contributed by atoms with Gasteiger partial charge in [-0.2, -0.15) is 0 Å². The molecule has 0 saturated carbocycles. The number of nitrogens with zero attached hydrogens (tertiary/aromatic N) is 3. The summed E-state index contributed by atoms with van der Waals surface area (Å²) >= 11 is 1.50. The molecule has 5 nitrogen and oxygen atoms in total. The third-order valence-corrected chi connectivity index (χ3v) is 4.43. The van der Waals surface area contributed by atoms with Gasteiger partial charge in [0.1, 0.15) is 0 Å². The molecule has 1 unspecified atom stereocenters. The summed E-state index contributed by atoms with van der Waals surface area (Å²) < 4.78 is 7.28. The van der Waals surface area contributed by atoms with E-state index < -0.39 is 0 Å². The molecule has 0 radical (unpaired) electrons. The maximum absolute atomic E-state index is 12.4. The van der Waals surface area contributed by atoms with E-state index in [0.717, 1.165) is 10.7 Å². The Morgan fingerprint density at radius 2 is 2.20 bits per heavy atom. The van der Waals surface area contributed by atoms with Gasteiger partial charge < -0.3 is 9.64 Å². The van der Waals surface area contributed by atoms with E-state index in [2.05, 4.69) is 4.98 Å². The van der Waals surface area contributed by atoms with Crippen molar-refractivity contribution in [3.05, 3.63) is 30.6 Å². The van der Waals surface area contributed by atoms with Crippen LogP contribution in [0, 0.1) is 0 Å². The molecule has 1 aliphatic heterocycles. The summed E-state index contributed by atoms with van der Waals surface area (Å²) in [5.74, 6) is 0.158. The Balaban J connectivity index is 1.71. The van der Waals surface area contributed by atoms with Crippen LogP contribution in [0.5, 0.6) is 0 Å². The number of hydrogen-bond acceptors (Lipinski definition) is 4. The average molecular weight is 291 g/mol. The lowest BCUT2D eigenvalue weighted by Gasteiger charge is -2.28. The molecular formula is C14H17N3O2S. The Kier molecular flexibility index (Phi) is 3.93. The predicted octanol–water partition coefficient (Wildman–Crippen LogP) is 1.67. The number of rotatable bonds is 3. The van der Waals surface area contributed by atoms with Crippen LogP contribution in [0.2, 0.25) is 0 Å². The number of fused-ring (bicyclic) bond motifs is 1. The molecule has 1 atom stereocenters. The molecule has 0 aromatic carbocycles. The fourth-order valence-corrected chi connectivity index (χ4v) is 3.22. The molecule has 1 saturated heterocycles. The van der Waals surface area contributed by atoms with Crippen molar-refractivity contribution in [2.24, 2.45) is 0 Å². The van der Waals surface area contributed by atoms with Gasteiger partial charge >= 0.3 is 0 Å². The Hall–Kier alpha value is -1.53.